The smallest absolute Gasteiger partial charge is 0.319 e. The first kappa shape index (κ1) is 11.1. The van der Waals surface area contributed by atoms with Gasteiger partial charge in [-0.3, -0.25) is 9.69 Å². The first-order chi connectivity index (χ1) is 5.74. The Labute approximate surface area is 72.4 Å². The summed E-state index contributed by atoms with van der Waals surface area (Å²) < 4.78 is 4.48. The predicted molar refractivity (Wildman–Crippen MR) is 45.7 cm³/mol. The molecule has 0 bridgehead atoms. The van der Waals surface area contributed by atoms with Crippen molar-refractivity contribution in [3.63, 3.8) is 0 Å². The Bertz CT molecular complexity index is 147. The van der Waals surface area contributed by atoms with E-state index in [1.165, 1.54) is 7.11 Å². The number of ether oxygens (including phenoxy) is 1. The zero-order valence-corrected chi connectivity index (χ0v) is 7.32. The maximum absolute atomic E-state index is 10.8. The molecule has 0 aliphatic rings. The van der Waals surface area contributed by atoms with Crippen LogP contribution in [0.5, 0.6) is 0 Å². The minimum Gasteiger partial charge on any atom is -0.468 e. The van der Waals surface area contributed by atoms with Gasteiger partial charge in [-0.2, -0.15) is 0 Å². The second-order valence-corrected chi connectivity index (χ2v) is 2.32. The number of aliphatic hydroxyl groups is 1. The van der Waals surface area contributed by atoms with Crippen molar-refractivity contribution in [2.24, 2.45) is 0 Å². The molecule has 0 unspecified atom stereocenters. The summed E-state index contributed by atoms with van der Waals surface area (Å²) in [4.78, 5) is 12.5. The van der Waals surface area contributed by atoms with E-state index in [0.29, 0.717) is 13.1 Å². The summed E-state index contributed by atoms with van der Waals surface area (Å²) in [5, 5.41) is 8.62. The summed E-state index contributed by atoms with van der Waals surface area (Å²) in [7, 11) is 1.34. The second-order valence-electron chi connectivity index (χ2n) is 2.32. The van der Waals surface area contributed by atoms with Crippen molar-refractivity contribution in [1.29, 1.82) is 0 Å². The number of aliphatic hydroxyl groups excluding tert-OH is 1. The molecule has 0 spiro atoms. The van der Waals surface area contributed by atoms with Crippen LogP contribution in [0.15, 0.2) is 12.7 Å². The highest BCUT2D eigenvalue weighted by molar-refractivity contribution is 5.71. The maximum atomic E-state index is 10.8. The minimum absolute atomic E-state index is 0.0326. The summed E-state index contributed by atoms with van der Waals surface area (Å²) in [6, 6.07) is 0. The van der Waals surface area contributed by atoms with Crippen molar-refractivity contribution in [1.82, 2.24) is 4.90 Å². The lowest BCUT2D eigenvalue weighted by Crippen LogP contribution is -2.33. The molecule has 0 aromatic rings. The van der Waals surface area contributed by atoms with Gasteiger partial charge in [0.15, 0.2) is 0 Å². The zero-order valence-electron chi connectivity index (χ0n) is 7.32. The molecule has 0 amide bonds. The van der Waals surface area contributed by atoms with Crippen LogP contribution in [0.3, 0.4) is 0 Å². The van der Waals surface area contributed by atoms with E-state index in [2.05, 4.69) is 11.3 Å². The van der Waals surface area contributed by atoms with Crippen LogP contribution in [0.4, 0.5) is 0 Å². The Kier molecular flexibility index (Phi) is 6.32. The van der Waals surface area contributed by atoms with E-state index in [9.17, 15) is 4.79 Å². The van der Waals surface area contributed by atoms with Gasteiger partial charge in [0.25, 0.3) is 0 Å². The SMILES string of the molecule is C=CCN(CCO)CC(=O)OC. The third-order valence-corrected chi connectivity index (χ3v) is 1.38. The van der Waals surface area contributed by atoms with Crippen molar-refractivity contribution < 1.29 is 14.6 Å². The number of nitrogens with zero attached hydrogens (tertiary/aromatic N) is 1. The van der Waals surface area contributed by atoms with Gasteiger partial charge >= 0.3 is 5.97 Å². The highest BCUT2D eigenvalue weighted by atomic mass is 16.5. The molecule has 0 atom stereocenters. The molecule has 0 aromatic heterocycles. The third-order valence-electron chi connectivity index (χ3n) is 1.38. The van der Waals surface area contributed by atoms with Crippen LogP contribution in [-0.2, 0) is 9.53 Å². The van der Waals surface area contributed by atoms with E-state index in [0.717, 1.165) is 0 Å². The molecule has 0 saturated heterocycles. The van der Waals surface area contributed by atoms with Crippen LogP contribution >= 0.6 is 0 Å². The number of esters is 1. The normalized spacial score (nSPS) is 9.92. The van der Waals surface area contributed by atoms with Crippen molar-refractivity contribution in [2.45, 2.75) is 0 Å². The van der Waals surface area contributed by atoms with E-state index in [-0.39, 0.29) is 19.1 Å². The topological polar surface area (TPSA) is 49.8 Å². The van der Waals surface area contributed by atoms with E-state index in [1.54, 1.807) is 11.0 Å². The first-order valence-electron chi connectivity index (χ1n) is 3.75. The lowest BCUT2D eigenvalue weighted by molar-refractivity contribution is -0.141. The van der Waals surface area contributed by atoms with Gasteiger partial charge in [0.2, 0.25) is 0 Å². The van der Waals surface area contributed by atoms with E-state index in [4.69, 9.17) is 5.11 Å². The zero-order chi connectivity index (χ0) is 9.40. The maximum Gasteiger partial charge on any atom is 0.319 e. The van der Waals surface area contributed by atoms with Gasteiger partial charge in [0, 0.05) is 13.1 Å². The standard InChI is InChI=1S/C8H15NO3/c1-3-4-9(5-6-10)7-8(11)12-2/h3,10H,1,4-7H2,2H3. The lowest BCUT2D eigenvalue weighted by atomic mass is 10.4. The Balaban J connectivity index is 3.76. The fourth-order valence-corrected chi connectivity index (χ4v) is 0.806. The van der Waals surface area contributed by atoms with Crippen LogP contribution < -0.4 is 0 Å². The quantitative estimate of drug-likeness (QED) is 0.440. The van der Waals surface area contributed by atoms with Gasteiger partial charge in [-0.15, -0.1) is 6.58 Å². The molecule has 12 heavy (non-hydrogen) atoms. The molecule has 70 valence electrons. The molecule has 4 heteroatoms. The molecule has 0 rings (SSSR count). The molecule has 0 radical (unpaired) electrons. The van der Waals surface area contributed by atoms with E-state index >= 15 is 0 Å². The third kappa shape index (κ3) is 4.87. The Morgan fingerprint density at radius 2 is 2.42 bits per heavy atom. The fourth-order valence-electron chi connectivity index (χ4n) is 0.806. The molecule has 4 nitrogen and oxygen atoms in total. The minimum atomic E-state index is -0.301. The molecule has 0 fully saturated rings. The lowest BCUT2D eigenvalue weighted by Gasteiger charge is -2.17. The molecule has 0 aliphatic heterocycles. The summed E-state index contributed by atoms with van der Waals surface area (Å²) in [6.07, 6.45) is 1.68. The number of carbonyl (C=O) groups excluding carboxylic acids is 1. The number of rotatable bonds is 6. The number of hydrogen-bond donors (Lipinski definition) is 1. The molecular formula is C8H15NO3. The van der Waals surface area contributed by atoms with Crippen molar-refractivity contribution in [3.8, 4) is 0 Å². The predicted octanol–water partition coefficient (Wildman–Crippen LogP) is -0.360. The van der Waals surface area contributed by atoms with Gasteiger partial charge in [0.05, 0.1) is 20.3 Å². The van der Waals surface area contributed by atoms with Crippen LogP contribution in [0.2, 0.25) is 0 Å². The average molecular weight is 173 g/mol. The van der Waals surface area contributed by atoms with Crippen LogP contribution in [-0.4, -0.2) is 49.3 Å². The number of hydrogen-bond acceptors (Lipinski definition) is 4. The summed E-state index contributed by atoms with van der Waals surface area (Å²) in [5.74, 6) is -0.301. The molecule has 1 N–H and O–H groups in total. The first-order valence-corrected chi connectivity index (χ1v) is 3.75. The number of methoxy groups -OCH3 is 1. The molecule has 0 aliphatic carbocycles. The van der Waals surface area contributed by atoms with Gasteiger partial charge in [-0.25, -0.2) is 0 Å². The van der Waals surface area contributed by atoms with Crippen molar-refractivity contribution in [2.75, 3.05) is 33.4 Å². The van der Waals surface area contributed by atoms with Crippen LogP contribution in [0, 0.1) is 0 Å². The molecule has 0 aromatic carbocycles. The van der Waals surface area contributed by atoms with Gasteiger partial charge < -0.3 is 9.84 Å². The van der Waals surface area contributed by atoms with Crippen LogP contribution in [0.1, 0.15) is 0 Å². The van der Waals surface area contributed by atoms with Crippen molar-refractivity contribution in [3.05, 3.63) is 12.7 Å². The molecular weight excluding hydrogens is 158 g/mol. The van der Waals surface area contributed by atoms with Crippen LogP contribution in [0.25, 0.3) is 0 Å². The Hall–Kier alpha value is -0.870. The van der Waals surface area contributed by atoms with Gasteiger partial charge in [0.1, 0.15) is 0 Å². The monoisotopic (exact) mass is 173 g/mol. The largest absolute Gasteiger partial charge is 0.468 e. The van der Waals surface area contributed by atoms with Gasteiger partial charge in [-0.1, -0.05) is 6.08 Å². The number of carbonyl (C=O) groups is 1. The van der Waals surface area contributed by atoms with E-state index < -0.39 is 0 Å². The summed E-state index contributed by atoms with van der Waals surface area (Å²) in [6.45, 7) is 4.81. The molecule has 0 saturated carbocycles. The Morgan fingerprint density at radius 3 is 2.83 bits per heavy atom. The summed E-state index contributed by atoms with van der Waals surface area (Å²) in [5.41, 5.74) is 0. The van der Waals surface area contributed by atoms with Crippen molar-refractivity contribution >= 4 is 5.97 Å². The highest BCUT2D eigenvalue weighted by Gasteiger charge is 2.07. The van der Waals surface area contributed by atoms with Gasteiger partial charge in [-0.05, 0) is 0 Å². The summed E-state index contributed by atoms with van der Waals surface area (Å²) >= 11 is 0. The fraction of sp³-hybridized carbons (Fsp3) is 0.625. The van der Waals surface area contributed by atoms with E-state index in [1.807, 2.05) is 0 Å². The Morgan fingerprint density at radius 1 is 1.75 bits per heavy atom. The highest BCUT2D eigenvalue weighted by Crippen LogP contribution is 1.88. The average Bonchev–Trinajstić information content (AvgIpc) is 2.05. The second kappa shape index (κ2) is 6.82. The molecule has 0 heterocycles.